The summed E-state index contributed by atoms with van der Waals surface area (Å²) < 4.78 is 5.78. The van der Waals surface area contributed by atoms with E-state index in [1.165, 1.54) is 0 Å². The molecule has 2 rings (SSSR count). The summed E-state index contributed by atoms with van der Waals surface area (Å²) in [5.41, 5.74) is 2.96. The molecule has 0 saturated heterocycles. The summed E-state index contributed by atoms with van der Waals surface area (Å²) in [6.45, 7) is 4.67. The second-order valence-electron chi connectivity index (χ2n) is 4.17. The van der Waals surface area contributed by atoms with Crippen LogP contribution in [0.25, 0.3) is 0 Å². The first kappa shape index (κ1) is 12.5. The van der Waals surface area contributed by atoms with Crippen LogP contribution >= 0.6 is 0 Å². The molecule has 2 aromatic rings. The molecule has 0 bridgehead atoms. The lowest BCUT2D eigenvalue weighted by atomic mass is 10.2. The normalized spacial score (nSPS) is 10.4. The van der Waals surface area contributed by atoms with Gasteiger partial charge < -0.3 is 10.1 Å². The summed E-state index contributed by atoms with van der Waals surface area (Å²) in [4.78, 5) is 8.57. The zero-order valence-corrected chi connectivity index (χ0v) is 10.9. The van der Waals surface area contributed by atoms with Crippen molar-refractivity contribution in [1.82, 2.24) is 15.3 Å². The van der Waals surface area contributed by atoms with E-state index in [0.29, 0.717) is 5.88 Å². The maximum absolute atomic E-state index is 5.78. The summed E-state index contributed by atoms with van der Waals surface area (Å²) in [6.07, 6.45) is 1.75. The van der Waals surface area contributed by atoms with E-state index in [1.807, 2.05) is 45.2 Å². The highest BCUT2D eigenvalue weighted by Crippen LogP contribution is 2.22. The Labute approximate surface area is 107 Å². The largest absolute Gasteiger partial charge is 0.437 e. The van der Waals surface area contributed by atoms with Crippen molar-refractivity contribution >= 4 is 0 Å². The van der Waals surface area contributed by atoms with Gasteiger partial charge in [-0.25, -0.2) is 4.98 Å². The molecule has 0 aliphatic rings. The summed E-state index contributed by atoms with van der Waals surface area (Å²) in [7, 11) is 1.92. The number of nitrogens with zero attached hydrogens (tertiary/aromatic N) is 2. The summed E-state index contributed by atoms with van der Waals surface area (Å²) in [5, 5.41) is 3.12. The van der Waals surface area contributed by atoms with Crippen LogP contribution in [-0.2, 0) is 6.54 Å². The van der Waals surface area contributed by atoms with Crippen molar-refractivity contribution in [3.05, 3.63) is 47.4 Å². The smallest absolute Gasteiger partial charge is 0.219 e. The van der Waals surface area contributed by atoms with E-state index in [-0.39, 0.29) is 0 Å². The molecule has 0 aliphatic heterocycles. The van der Waals surface area contributed by atoms with Crippen molar-refractivity contribution in [2.75, 3.05) is 7.05 Å². The molecule has 4 heteroatoms. The number of hydrogen-bond donors (Lipinski definition) is 1. The quantitative estimate of drug-likeness (QED) is 0.896. The van der Waals surface area contributed by atoms with Gasteiger partial charge in [-0.1, -0.05) is 0 Å². The molecule has 2 aromatic heterocycles. The Morgan fingerprint density at radius 3 is 2.83 bits per heavy atom. The number of aromatic nitrogens is 2. The average Bonchev–Trinajstić information content (AvgIpc) is 2.32. The highest BCUT2D eigenvalue weighted by molar-refractivity contribution is 5.32. The number of aryl methyl sites for hydroxylation is 2. The van der Waals surface area contributed by atoms with Gasteiger partial charge in [0.05, 0.1) is 5.69 Å². The van der Waals surface area contributed by atoms with Crippen LogP contribution in [0, 0.1) is 13.8 Å². The van der Waals surface area contributed by atoms with Crippen LogP contribution < -0.4 is 10.1 Å². The summed E-state index contributed by atoms with van der Waals surface area (Å²) in [6, 6.07) is 7.73. The van der Waals surface area contributed by atoms with E-state index in [1.54, 1.807) is 6.20 Å². The molecule has 0 radical (unpaired) electrons. The molecule has 0 atom stereocenters. The lowest BCUT2D eigenvalue weighted by Crippen LogP contribution is -2.06. The molecule has 1 N–H and O–H groups in total. The van der Waals surface area contributed by atoms with Gasteiger partial charge in [-0.15, -0.1) is 0 Å². The molecule has 0 aliphatic carbocycles. The monoisotopic (exact) mass is 243 g/mol. The van der Waals surface area contributed by atoms with Crippen LogP contribution in [0.1, 0.15) is 17.0 Å². The fourth-order valence-corrected chi connectivity index (χ4v) is 1.76. The fourth-order valence-electron chi connectivity index (χ4n) is 1.76. The van der Waals surface area contributed by atoms with Gasteiger partial charge in [0.15, 0.2) is 5.75 Å². The zero-order valence-electron chi connectivity index (χ0n) is 10.9. The summed E-state index contributed by atoms with van der Waals surface area (Å²) >= 11 is 0. The minimum atomic E-state index is 0.608. The number of hydrogen-bond acceptors (Lipinski definition) is 4. The lowest BCUT2D eigenvalue weighted by Gasteiger charge is -2.09. The number of pyridine rings is 2. The Hall–Kier alpha value is -1.94. The van der Waals surface area contributed by atoms with Gasteiger partial charge in [-0.3, -0.25) is 4.98 Å². The molecule has 2 heterocycles. The van der Waals surface area contributed by atoms with Crippen molar-refractivity contribution in [2.24, 2.45) is 0 Å². The second kappa shape index (κ2) is 5.60. The molecular weight excluding hydrogens is 226 g/mol. The van der Waals surface area contributed by atoms with Crippen LogP contribution in [0.15, 0.2) is 30.5 Å². The highest BCUT2D eigenvalue weighted by Gasteiger charge is 2.05. The van der Waals surface area contributed by atoms with E-state index in [9.17, 15) is 0 Å². The minimum Gasteiger partial charge on any atom is -0.437 e. The van der Waals surface area contributed by atoms with Crippen molar-refractivity contribution in [3.63, 3.8) is 0 Å². The zero-order chi connectivity index (χ0) is 13.0. The molecule has 18 heavy (non-hydrogen) atoms. The molecular formula is C14H17N3O. The van der Waals surface area contributed by atoms with Crippen molar-refractivity contribution in [2.45, 2.75) is 20.4 Å². The third-order valence-corrected chi connectivity index (χ3v) is 2.54. The van der Waals surface area contributed by atoms with E-state index in [4.69, 9.17) is 4.74 Å². The van der Waals surface area contributed by atoms with Gasteiger partial charge >= 0.3 is 0 Å². The van der Waals surface area contributed by atoms with Gasteiger partial charge in [-0.05, 0) is 44.7 Å². The van der Waals surface area contributed by atoms with E-state index < -0.39 is 0 Å². The molecule has 94 valence electrons. The number of rotatable bonds is 4. The molecule has 0 unspecified atom stereocenters. The number of nitrogens with one attached hydrogen (secondary N) is 1. The minimum absolute atomic E-state index is 0.608. The Kier molecular flexibility index (Phi) is 3.89. The van der Waals surface area contributed by atoms with E-state index in [2.05, 4.69) is 15.3 Å². The van der Waals surface area contributed by atoms with Gasteiger partial charge in [0.25, 0.3) is 0 Å². The predicted octanol–water partition coefficient (Wildman–Crippen LogP) is 2.61. The van der Waals surface area contributed by atoms with Crippen LogP contribution in [0.2, 0.25) is 0 Å². The topological polar surface area (TPSA) is 47.0 Å². The molecule has 0 spiro atoms. The average molecular weight is 243 g/mol. The highest BCUT2D eigenvalue weighted by atomic mass is 16.5. The van der Waals surface area contributed by atoms with Gasteiger partial charge in [0, 0.05) is 24.5 Å². The Balaban J connectivity index is 2.26. The Morgan fingerprint density at radius 2 is 2.11 bits per heavy atom. The maximum Gasteiger partial charge on any atom is 0.219 e. The lowest BCUT2D eigenvalue weighted by molar-refractivity contribution is 0.454. The fraction of sp³-hybridized carbons (Fsp3) is 0.286. The van der Waals surface area contributed by atoms with E-state index >= 15 is 0 Å². The molecule has 0 fully saturated rings. The van der Waals surface area contributed by atoms with E-state index in [0.717, 1.165) is 29.2 Å². The molecule has 0 saturated carbocycles. The molecule has 4 nitrogen and oxygen atoms in total. The first-order chi connectivity index (χ1) is 8.69. The molecule has 0 amide bonds. The third kappa shape index (κ3) is 3.05. The van der Waals surface area contributed by atoms with Gasteiger partial charge in [0.2, 0.25) is 5.88 Å². The summed E-state index contributed by atoms with van der Waals surface area (Å²) in [5.74, 6) is 1.35. The maximum atomic E-state index is 5.78. The Bertz CT molecular complexity index is 540. The van der Waals surface area contributed by atoms with Crippen LogP contribution in [0.5, 0.6) is 11.6 Å². The van der Waals surface area contributed by atoms with Gasteiger partial charge in [0.1, 0.15) is 0 Å². The predicted molar refractivity (Wildman–Crippen MR) is 70.8 cm³/mol. The standard InChI is InChI=1S/C14H17N3O/c1-10-7-12(9-15-3)8-14(17-10)18-13-5-4-6-16-11(13)2/h4-8,15H,9H2,1-3H3. The van der Waals surface area contributed by atoms with Crippen LogP contribution in [0.4, 0.5) is 0 Å². The SMILES string of the molecule is CNCc1cc(C)nc(Oc2cccnc2C)c1. The number of ether oxygens (including phenoxy) is 1. The van der Waals surface area contributed by atoms with Crippen molar-refractivity contribution in [3.8, 4) is 11.6 Å². The first-order valence-electron chi connectivity index (χ1n) is 5.90. The van der Waals surface area contributed by atoms with Crippen LogP contribution in [-0.4, -0.2) is 17.0 Å². The van der Waals surface area contributed by atoms with Crippen molar-refractivity contribution in [1.29, 1.82) is 0 Å². The Morgan fingerprint density at radius 1 is 1.28 bits per heavy atom. The first-order valence-corrected chi connectivity index (χ1v) is 5.90. The van der Waals surface area contributed by atoms with Crippen LogP contribution in [0.3, 0.4) is 0 Å². The second-order valence-corrected chi connectivity index (χ2v) is 4.17. The third-order valence-electron chi connectivity index (χ3n) is 2.54. The molecule has 0 aromatic carbocycles. The van der Waals surface area contributed by atoms with Gasteiger partial charge in [-0.2, -0.15) is 0 Å². The van der Waals surface area contributed by atoms with Crippen molar-refractivity contribution < 1.29 is 4.74 Å².